The number of methoxy groups -OCH3 is 2. The summed E-state index contributed by atoms with van der Waals surface area (Å²) in [5.74, 6) is -0.397. The molecule has 1 atom stereocenters. The van der Waals surface area contributed by atoms with Gasteiger partial charge in [-0.15, -0.1) is 0 Å². The first kappa shape index (κ1) is 25.6. The number of halogens is 2. The number of nitrogens with two attached hydrogens (primary N) is 1. The third kappa shape index (κ3) is 5.39. The van der Waals surface area contributed by atoms with Gasteiger partial charge in [0.05, 0.1) is 24.8 Å². The third-order valence-corrected chi connectivity index (χ3v) is 7.19. The van der Waals surface area contributed by atoms with Crippen molar-refractivity contribution in [2.24, 2.45) is 5.73 Å². The molecule has 0 saturated carbocycles. The highest BCUT2D eigenvalue weighted by Gasteiger charge is 2.31. The maximum absolute atomic E-state index is 13.7. The van der Waals surface area contributed by atoms with Crippen molar-refractivity contribution in [2.45, 2.75) is 11.0 Å². The van der Waals surface area contributed by atoms with E-state index in [2.05, 4.69) is 0 Å². The van der Waals surface area contributed by atoms with E-state index in [1.54, 1.807) is 18.2 Å². The molecule has 3 aromatic rings. The number of carbonyl (C=O) groups excluding carboxylic acids is 1. The average Bonchev–Trinajstić information content (AvgIpc) is 2.81. The number of benzene rings is 3. The summed E-state index contributed by atoms with van der Waals surface area (Å²) in [5.41, 5.74) is 5.96. The zero-order valence-corrected chi connectivity index (χ0v) is 20.6. The molecule has 3 rings (SSSR count). The second kappa shape index (κ2) is 10.5. The van der Waals surface area contributed by atoms with Crippen molar-refractivity contribution < 1.29 is 27.8 Å². The van der Waals surface area contributed by atoms with E-state index in [0.717, 1.165) is 4.31 Å². The standard InChI is InChI=1S/C23H22Cl2N2O6S/c1-32-20-9-7-17(12-21(20)33-2)34(30,31)27(13-22(26)28)19-8-6-16(25)11-18(19)23(29)14-4-3-5-15(24)10-14/h3-12,23,29H,13H2,1-2H3,(H2,26,28). The van der Waals surface area contributed by atoms with Crippen molar-refractivity contribution in [1.82, 2.24) is 0 Å². The molecule has 1 unspecified atom stereocenters. The number of sulfonamides is 1. The Kier molecular flexibility index (Phi) is 7.93. The molecule has 0 heterocycles. The largest absolute Gasteiger partial charge is 0.493 e. The van der Waals surface area contributed by atoms with E-state index in [1.165, 1.54) is 56.7 Å². The summed E-state index contributed by atoms with van der Waals surface area (Å²) in [6, 6.07) is 14.7. The van der Waals surface area contributed by atoms with E-state index in [-0.39, 0.29) is 26.9 Å². The Hall–Kier alpha value is -2.98. The lowest BCUT2D eigenvalue weighted by atomic mass is 10.00. The van der Waals surface area contributed by atoms with Gasteiger partial charge in [-0.2, -0.15) is 0 Å². The number of hydrogen-bond acceptors (Lipinski definition) is 6. The van der Waals surface area contributed by atoms with Crippen molar-refractivity contribution in [1.29, 1.82) is 0 Å². The van der Waals surface area contributed by atoms with Gasteiger partial charge in [0.25, 0.3) is 10.0 Å². The Bertz CT molecular complexity index is 1320. The highest BCUT2D eigenvalue weighted by atomic mass is 35.5. The van der Waals surface area contributed by atoms with Gasteiger partial charge in [0.1, 0.15) is 12.6 Å². The van der Waals surface area contributed by atoms with E-state index < -0.39 is 28.6 Å². The number of rotatable bonds is 9. The van der Waals surface area contributed by atoms with Crippen LogP contribution in [0.3, 0.4) is 0 Å². The summed E-state index contributed by atoms with van der Waals surface area (Å²) < 4.78 is 38.5. The lowest BCUT2D eigenvalue weighted by molar-refractivity contribution is -0.116. The summed E-state index contributed by atoms with van der Waals surface area (Å²) >= 11 is 12.2. The molecule has 180 valence electrons. The zero-order chi connectivity index (χ0) is 25.0. The average molecular weight is 525 g/mol. The molecule has 0 aliphatic heterocycles. The van der Waals surface area contributed by atoms with Crippen LogP contribution in [-0.2, 0) is 14.8 Å². The first-order chi connectivity index (χ1) is 16.1. The smallest absolute Gasteiger partial charge is 0.264 e. The molecule has 0 spiro atoms. The molecule has 11 heteroatoms. The van der Waals surface area contributed by atoms with E-state index in [9.17, 15) is 18.3 Å². The first-order valence-corrected chi connectivity index (χ1v) is 12.0. The second-order valence-corrected chi connectivity index (χ2v) is 9.89. The highest BCUT2D eigenvalue weighted by molar-refractivity contribution is 7.92. The van der Waals surface area contributed by atoms with Crippen LogP contribution in [0.5, 0.6) is 11.5 Å². The summed E-state index contributed by atoms with van der Waals surface area (Å²) in [7, 11) is -1.56. The number of anilines is 1. The molecule has 0 aliphatic carbocycles. The number of aliphatic hydroxyl groups excluding tert-OH is 1. The normalized spacial score (nSPS) is 12.1. The van der Waals surface area contributed by atoms with Gasteiger partial charge in [-0.3, -0.25) is 9.10 Å². The fraction of sp³-hybridized carbons (Fsp3) is 0.174. The molecular formula is C23H22Cl2N2O6S. The molecule has 0 aromatic heterocycles. The number of ether oxygens (including phenoxy) is 2. The summed E-state index contributed by atoms with van der Waals surface area (Å²) in [6.07, 6.45) is -1.30. The Morgan fingerprint density at radius 1 is 1.00 bits per heavy atom. The van der Waals surface area contributed by atoms with Crippen LogP contribution in [0.25, 0.3) is 0 Å². The van der Waals surface area contributed by atoms with Crippen LogP contribution >= 0.6 is 23.2 Å². The predicted octanol–water partition coefficient (Wildman–Crippen LogP) is 3.77. The number of carbonyl (C=O) groups is 1. The van der Waals surface area contributed by atoms with E-state index in [0.29, 0.717) is 16.3 Å². The van der Waals surface area contributed by atoms with Crippen LogP contribution in [0.15, 0.2) is 65.6 Å². The molecule has 0 radical (unpaired) electrons. The monoisotopic (exact) mass is 524 g/mol. The molecule has 0 saturated heterocycles. The molecule has 8 nitrogen and oxygen atoms in total. The lowest BCUT2D eigenvalue weighted by Crippen LogP contribution is -2.39. The zero-order valence-electron chi connectivity index (χ0n) is 18.2. The summed E-state index contributed by atoms with van der Waals surface area (Å²) in [6.45, 7) is -0.687. The van der Waals surface area contributed by atoms with Crippen LogP contribution in [0.2, 0.25) is 10.0 Å². The molecule has 3 N–H and O–H groups in total. The number of hydrogen-bond donors (Lipinski definition) is 2. The summed E-state index contributed by atoms with van der Waals surface area (Å²) in [5, 5.41) is 11.7. The SMILES string of the molecule is COc1ccc(S(=O)(=O)N(CC(N)=O)c2ccc(Cl)cc2C(O)c2cccc(Cl)c2)cc1OC. The Morgan fingerprint density at radius 2 is 1.68 bits per heavy atom. The van der Waals surface area contributed by atoms with Gasteiger partial charge in [0.15, 0.2) is 11.5 Å². The fourth-order valence-electron chi connectivity index (χ4n) is 3.37. The maximum atomic E-state index is 13.7. The highest BCUT2D eigenvalue weighted by Crippen LogP contribution is 2.37. The van der Waals surface area contributed by atoms with Crippen LogP contribution in [-0.4, -0.2) is 40.2 Å². The number of amides is 1. The van der Waals surface area contributed by atoms with Crippen LogP contribution in [0, 0.1) is 0 Å². The minimum absolute atomic E-state index is 0.0189. The quantitative estimate of drug-likeness (QED) is 0.439. The third-order valence-electron chi connectivity index (χ3n) is 4.96. The van der Waals surface area contributed by atoms with E-state index in [1.807, 2.05) is 0 Å². The molecule has 0 aliphatic rings. The van der Waals surface area contributed by atoms with Crippen LogP contribution in [0.1, 0.15) is 17.2 Å². The minimum Gasteiger partial charge on any atom is -0.493 e. The first-order valence-electron chi connectivity index (χ1n) is 9.84. The number of primary amides is 1. The summed E-state index contributed by atoms with van der Waals surface area (Å²) in [4.78, 5) is 11.7. The molecule has 3 aromatic carbocycles. The molecule has 0 fully saturated rings. The second-order valence-electron chi connectivity index (χ2n) is 7.16. The van der Waals surface area contributed by atoms with Gasteiger partial charge in [-0.1, -0.05) is 35.3 Å². The maximum Gasteiger partial charge on any atom is 0.264 e. The van der Waals surface area contributed by atoms with Gasteiger partial charge in [0, 0.05) is 21.7 Å². The van der Waals surface area contributed by atoms with E-state index in [4.69, 9.17) is 38.4 Å². The molecule has 34 heavy (non-hydrogen) atoms. The molecular weight excluding hydrogens is 503 g/mol. The molecule has 1 amide bonds. The van der Waals surface area contributed by atoms with Crippen molar-refractivity contribution in [2.75, 3.05) is 25.1 Å². The van der Waals surface area contributed by atoms with E-state index >= 15 is 0 Å². The minimum atomic E-state index is -4.35. The topological polar surface area (TPSA) is 119 Å². The molecule has 0 bridgehead atoms. The van der Waals surface area contributed by atoms with Crippen molar-refractivity contribution in [3.63, 3.8) is 0 Å². The van der Waals surface area contributed by atoms with Gasteiger partial charge < -0.3 is 20.3 Å². The van der Waals surface area contributed by atoms with Crippen molar-refractivity contribution >= 4 is 44.8 Å². The van der Waals surface area contributed by atoms with Crippen LogP contribution < -0.4 is 19.5 Å². The Balaban J connectivity index is 2.20. The van der Waals surface area contributed by atoms with Gasteiger partial charge in [0.2, 0.25) is 5.91 Å². The van der Waals surface area contributed by atoms with Crippen molar-refractivity contribution in [3.8, 4) is 11.5 Å². The van der Waals surface area contributed by atoms with Gasteiger partial charge >= 0.3 is 0 Å². The fourth-order valence-corrected chi connectivity index (χ4v) is 5.23. The Labute approximate surface area is 207 Å². The van der Waals surface area contributed by atoms with Gasteiger partial charge in [-0.05, 0) is 48.0 Å². The van der Waals surface area contributed by atoms with Crippen molar-refractivity contribution in [3.05, 3.63) is 81.8 Å². The number of aliphatic hydroxyl groups is 1. The van der Waals surface area contributed by atoms with Crippen LogP contribution in [0.4, 0.5) is 5.69 Å². The van der Waals surface area contributed by atoms with Gasteiger partial charge in [-0.25, -0.2) is 8.42 Å². The Morgan fingerprint density at radius 3 is 2.29 bits per heavy atom. The predicted molar refractivity (Wildman–Crippen MR) is 130 cm³/mol. The number of nitrogens with zero attached hydrogens (tertiary/aromatic N) is 1. The lowest BCUT2D eigenvalue weighted by Gasteiger charge is -2.27.